The highest BCUT2D eigenvalue weighted by atomic mass is 16.5. The first-order chi connectivity index (χ1) is 9.61. The van der Waals surface area contributed by atoms with E-state index in [4.69, 9.17) is 10.5 Å². The molecule has 0 bridgehead atoms. The number of hydrogen-bond donors (Lipinski definition) is 1. The summed E-state index contributed by atoms with van der Waals surface area (Å²) in [5, 5.41) is 4.03. The van der Waals surface area contributed by atoms with Crippen molar-refractivity contribution in [2.24, 2.45) is 5.73 Å². The van der Waals surface area contributed by atoms with Crippen molar-refractivity contribution in [1.29, 1.82) is 0 Å². The molecule has 1 aromatic carbocycles. The van der Waals surface area contributed by atoms with E-state index in [1.807, 2.05) is 30.3 Å². The Labute approximate surface area is 116 Å². The predicted molar refractivity (Wildman–Crippen MR) is 71.9 cm³/mol. The molecular weight excluding hydrogens is 258 g/mol. The number of rotatable bonds is 5. The van der Waals surface area contributed by atoms with Crippen LogP contribution in [0.15, 0.2) is 42.7 Å². The fourth-order valence-corrected chi connectivity index (χ4v) is 1.92. The third-order valence-electron chi connectivity index (χ3n) is 2.98. The average Bonchev–Trinajstić information content (AvgIpc) is 2.94. The average molecular weight is 273 g/mol. The predicted octanol–water partition coefficient (Wildman–Crippen LogP) is 0.939. The minimum atomic E-state index is -0.550. The quantitative estimate of drug-likeness (QED) is 0.821. The molecule has 1 amide bonds. The first kappa shape index (κ1) is 13.8. The monoisotopic (exact) mass is 273 g/mol. The van der Waals surface area contributed by atoms with Crippen LogP contribution < -0.4 is 5.73 Å². The van der Waals surface area contributed by atoms with Gasteiger partial charge in [0.25, 0.3) is 5.91 Å². The lowest BCUT2D eigenvalue weighted by Gasteiger charge is -2.14. The molecule has 0 aliphatic carbocycles. The third-order valence-corrected chi connectivity index (χ3v) is 2.98. The van der Waals surface area contributed by atoms with Gasteiger partial charge in [-0.2, -0.15) is 5.10 Å². The van der Waals surface area contributed by atoms with Gasteiger partial charge in [-0.15, -0.1) is 0 Å². The molecule has 1 heterocycles. The summed E-state index contributed by atoms with van der Waals surface area (Å²) in [4.78, 5) is 22.9. The Balaban J connectivity index is 2.24. The van der Waals surface area contributed by atoms with Crippen molar-refractivity contribution >= 4 is 11.9 Å². The van der Waals surface area contributed by atoms with Gasteiger partial charge in [-0.05, 0) is 5.56 Å². The molecule has 0 radical (unpaired) electrons. The van der Waals surface area contributed by atoms with Crippen LogP contribution in [0.3, 0.4) is 0 Å². The lowest BCUT2D eigenvalue weighted by molar-refractivity contribution is -0.142. The van der Waals surface area contributed by atoms with E-state index in [0.29, 0.717) is 5.56 Å². The van der Waals surface area contributed by atoms with Crippen molar-refractivity contribution in [3.63, 3.8) is 0 Å². The van der Waals surface area contributed by atoms with Crippen molar-refractivity contribution in [2.75, 3.05) is 7.11 Å². The fraction of sp³-hybridized carbons (Fsp3) is 0.214. The second-order valence-corrected chi connectivity index (χ2v) is 4.30. The van der Waals surface area contributed by atoms with E-state index in [2.05, 4.69) is 5.10 Å². The highest BCUT2D eigenvalue weighted by molar-refractivity contribution is 5.92. The maximum atomic E-state index is 11.9. The van der Waals surface area contributed by atoms with Crippen LogP contribution in [0.5, 0.6) is 0 Å². The summed E-state index contributed by atoms with van der Waals surface area (Å²) in [7, 11) is 1.34. The van der Waals surface area contributed by atoms with E-state index in [1.165, 1.54) is 24.2 Å². The summed E-state index contributed by atoms with van der Waals surface area (Å²) in [5.74, 6) is -1.39. The molecule has 1 aromatic heterocycles. The highest BCUT2D eigenvalue weighted by Gasteiger charge is 2.22. The van der Waals surface area contributed by atoms with Crippen molar-refractivity contribution in [1.82, 2.24) is 9.78 Å². The molecular formula is C14H15N3O3. The molecule has 6 nitrogen and oxygen atoms in total. The van der Waals surface area contributed by atoms with Crippen LogP contribution in [0.25, 0.3) is 0 Å². The molecule has 2 aromatic rings. The van der Waals surface area contributed by atoms with Gasteiger partial charge >= 0.3 is 5.97 Å². The number of carbonyl (C=O) groups is 2. The van der Waals surface area contributed by atoms with E-state index in [1.54, 1.807) is 0 Å². The van der Waals surface area contributed by atoms with Gasteiger partial charge in [-0.25, -0.2) is 0 Å². The van der Waals surface area contributed by atoms with Crippen molar-refractivity contribution in [3.8, 4) is 0 Å². The zero-order chi connectivity index (χ0) is 14.5. The van der Waals surface area contributed by atoms with E-state index in [9.17, 15) is 9.59 Å². The van der Waals surface area contributed by atoms with E-state index in [0.717, 1.165) is 5.56 Å². The number of carbonyl (C=O) groups excluding carboxylic acids is 2. The molecule has 2 N–H and O–H groups in total. The van der Waals surface area contributed by atoms with Crippen molar-refractivity contribution in [2.45, 2.75) is 12.5 Å². The Morgan fingerprint density at radius 3 is 2.60 bits per heavy atom. The number of nitrogens with two attached hydrogens (primary N) is 1. The molecule has 0 fully saturated rings. The maximum absolute atomic E-state index is 11.9. The molecule has 0 aliphatic heterocycles. The molecule has 0 saturated carbocycles. The standard InChI is InChI=1S/C14H15N3O3/c1-20-14(19)12(10-5-3-2-4-6-10)9-17-8-11(7-16-17)13(15)18/h2-8,12H,9H2,1H3,(H2,15,18). The summed E-state index contributed by atoms with van der Waals surface area (Å²) in [6.45, 7) is 0.282. The Morgan fingerprint density at radius 2 is 2.05 bits per heavy atom. The van der Waals surface area contributed by atoms with Crippen LogP contribution in [-0.2, 0) is 16.1 Å². The molecule has 0 saturated heterocycles. The van der Waals surface area contributed by atoms with Crippen molar-refractivity contribution in [3.05, 3.63) is 53.9 Å². The molecule has 1 atom stereocenters. The Morgan fingerprint density at radius 1 is 1.35 bits per heavy atom. The van der Waals surface area contributed by atoms with E-state index >= 15 is 0 Å². The van der Waals surface area contributed by atoms with Gasteiger partial charge in [-0.3, -0.25) is 14.3 Å². The first-order valence-electron chi connectivity index (χ1n) is 6.07. The second kappa shape index (κ2) is 6.01. The first-order valence-corrected chi connectivity index (χ1v) is 6.07. The summed E-state index contributed by atoms with van der Waals surface area (Å²) in [5.41, 5.74) is 6.31. The number of ether oxygens (including phenoxy) is 1. The molecule has 6 heteroatoms. The zero-order valence-corrected chi connectivity index (χ0v) is 11.0. The van der Waals surface area contributed by atoms with E-state index < -0.39 is 11.8 Å². The van der Waals surface area contributed by atoms with Crippen LogP contribution in [0.2, 0.25) is 0 Å². The van der Waals surface area contributed by atoms with Gasteiger partial charge < -0.3 is 10.5 Å². The number of benzene rings is 1. The Bertz CT molecular complexity index is 607. The number of aromatic nitrogens is 2. The van der Waals surface area contributed by atoms with E-state index in [-0.39, 0.29) is 12.5 Å². The maximum Gasteiger partial charge on any atom is 0.315 e. The molecule has 1 unspecified atom stereocenters. The number of primary amides is 1. The second-order valence-electron chi connectivity index (χ2n) is 4.30. The summed E-state index contributed by atoms with van der Waals surface area (Å²) < 4.78 is 6.33. The molecule has 0 aliphatic rings. The van der Waals surface area contributed by atoms with Gasteiger partial charge in [0.15, 0.2) is 0 Å². The summed E-state index contributed by atoms with van der Waals surface area (Å²) >= 11 is 0. The van der Waals surface area contributed by atoms with Gasteiger partial charge in [0, 0.05) is 6.20 Å². The van der Waals surface area contributed by atoms with Crippen LogP contribution >= 0.6 is 0 Å². The zero-order valence-electron chi connectivity index (χ0n) is 11.0. The van der Waals surface area contributed by atoms with Gasteiger partial charge in [0.2, 0.25) is 0 Å². The summed E-state index contributed by atoms with van der Waals surface area (Å²) in [6.07, 6.45) is 2.89. The number of hydrogen-bond acceptors (Lipinski definition) is 4. The Kier molecular flexibility index (Phi) is 4.14. The summed E-state index contributed by atoms with van der Waals surface area (Å²) in [6, 6.07) is 9.27. The SMILES string of the molecule is COC(=O)C(Cn1cc(C(N)=O)cn1)c1ccccc1. The number of amides is 1. The highest BCUT2D eigenvalue weighted by Crippen LogP contribution is 2.19. The fourth-order valence-electron chi connectivity index (χ4n) is 1.92. The Hall–Kier alpha value is -2.63. The molecule has 2 rings (SSSR count). The smallest absolute Gasteiger partial charge is 0.315 e. The largest absolute Gasteiger partial charge is 0.468 e. The minimum Gasteiger partial charge on any atom is -0.468 e. The lowest BCUT2D eigenvalue weighted by Crippen LogP contribution is -2.20. The topological polar surface area (TPSA) is 87.2 Å². The number of methoxy groups -OCH3 is 1. The van der Waals surface area contributed by atoms with Crippen molar-refractivity contribution < 1.29 is 14.3 Å². The van der Waals surface area contributed by atoms with Crippen LogP contribution in [0, 0.1) is 0 Å². The number of esters is 1. The van der Waals surface area contributed by atoms with Gasteiger partial charge in [0.05, 0.1) is 25.4 Å². The minimum absolute atomic E-state index is 0.282. The number of nitrogens with zero attached hydrogens (tertiary/aromatic N) is 2. The van der Waals surface area contributed by atoms with Crippen LogP contribution in [0.1, 0.15) is 21.8 Å². The van der Waals surface area contributed by atoms with Gasteiger partial charge in [0.1, 0.15) is 5.92 Å². The van der Waals surface area contributed by atoms with Crippen LogP contribution in [0.4, 0.5) is 0 Å². The van der Waals surface area contributed by atoms with Crippen LogP contribution in [-0.4, -0.2) is 28.8 Å². The molecule has 104 valence electrons. The lowest BCUT2D eigenvalue weighted by atomic mass is 9.99. The third kappa shape index (κ3) is 3.03. The normalized spacial score (nSPS) is 11.8. The van der Waals surface area contributed by atoms with Gasteiger partial charge in [-0.1, -0.05) is 30.3 Å². The molecule has 20 heavy (non-hydrogen) atoms. The molecule has 0 spiro atoms.